The Hall–Kier alpha value is -2.30. The lowest BCUT2D eigenvalue weighted by Crippen LogP contribution is -2.42. The molecule has 1 aliphatic heterocycles. The Kier molecular flexibility index (Phi) is 4.65. The third-order valence-electron chi connectivity index (χ3n) is 4.28. The molecule has 5 nitrogen and oxygen atoms in total. The normalized spacial score (nSPS) is 17.1. The fraction of sp³-hybridized carbons (Fsp3) is 0.444. The molecule has 3 rings (SSSR count). The fourth-order valence-corrected chi connectivity index (χ4v) is 3.04. The molecular formula is C18H24N4O. The van der Waals surface area contributed by atoms with Gasteiger partial charge in [-0.15, -0.1) is 0 Å². The Labute approximate surface area is 136 Å². The largest absolute Gasteiger partial charge is 0.342 e. The minimum atomic E-state index is 0.0111. The van der Waals surface area contributed by atoms with Gasteiger partial charge in [0.2, 0.25) is 0 Å². The van der Waals surface area contributed by atoms with Crippen LogP contribution in [0.25, 0.3) is 11.0 Å². The number of unbranched alkanes of at least 4 members (excludes halogenated alkanes) is 1. The summed E-state index contributed by atoms with van der Waals surface area (Å²) in [6, 6.07) is 6.30. The van der Waals surface area contributed by atoms with Gasteiger partial charge in [0.1, 0.15) is 5.82 Å². The molecule has 0 saturated heterocycles. The fourth-order valence-electron chi connectivity index (χ4n) is 3.04. The number of fused-ring (bicyclic) bond motifs is 1. The van der Waals surface area contributed by atoms with E-state index in [1.54, 1.807) is 0 Å². The van der Waals surface area contributed by atoms with Gasteiger partial charge in [-0.25, -0.2) is 9.78 Å². The number of hydrogen-bond donors (Lipinski definition) is 2. The van der Waals surface area contributed by atoms with Crippen molar-refractivity contribution in [2.24, 2.45) is 0 Å². The summed E-state index contributed by atoms with van der Waals surface area (Å²) >= 11 is 0. The Balaban J connectivity index is 1.59. The van der Waals surface area contributed by atoms with E-state index in [2.05, 4.69) is 34.4 Å². The van der Waals surface area contributed by atoms with Crippen molar-refractivity contribution >= 4 is 17.1 Å². The van der Waals surface area contributed by atoms with Crippen molar-refractivity contribution < 1.29 is 4.79 Å². The maximum atomic E-state index is 12.4. The molecule has 5 heteroatoms. The summed E-state index contributed by atoms with van der Waals surface area (Å²) in [4.78, 5) is 21.9. The molecule has 2 N–H and O–H groups in total. The molecule has 0 saturated carbocycles. The third-order valence-corrected chi connectivity index (χ3v) is 4.28. The van der Waals surface area contributed by atoms with Crippen molar-refractivity contribution in [3.05, 3.63) is 41.7 Å². The summed E-state index contributed by atoms with van der Waals surface area (Å²) in [5.74, 6) is 0.906. The Morgan fingerprint density at radius 1 is 1.48 bits per heavy atom. The lowest BCUT2D eigenvalue weighted by Gasteiger charge is -2.24. The van der Waals surface area contributed by atoms with Crippen LogP contribution < -0.4 is 5.32 Å². The number of urea groups is 1. The molecule has 2 heterocycles. The molecule has 1 aliphatic rings. The summed E-state index contributed by atoms with van der Waals surface area (Å²) in [5.41, 5.74) is 3.05. The molecule has 1 atom stereocenters. The molecule has 23 heavy (non-hydrogen) atoms. The van der Waals surface area contributed by atoms with Crippen LogP contribution in [-0.2, 0) is 6.54 Å². The first-order valence-corrected chi connectivity index (χ1v) is 8.33. The van der Waals surface area contributed by atoms with Gasteiger partial charge in [-0.2, -0.15) is 0 Å². The van der Waals surface area contributed by atoms with Gasteiger partial charge in [-0.05, 0) is 31.0 Å². The predicted molar refractivity (Wildman–Crippen MR) is 92.2 cm³/mol. The number of carbonyl (C=O) groups excluding carboxylic acids is 1. The van der Waals surface area contributed by atoms with Crippen LogP contribution in [0.5, 0.6) is 0 Å². The molecule has 0 aliphatic carbocycles. The first-order valence-electron chi connectivity index (χ1n) is 8.33. The molecule has 0 unspecified atom stereocenters. The molecule has 0 fully saturated rings. The van der Waals surface area contributed by atoms with Gasteiger partial charge >= 0.3 is 6.03 Å². The Bertz CT molecular complexity index is 719. The molecule has 0 radical (unpaired) electrons. The van der Waals surface area contributed by atoms with E-state index in [4.69, 9.17) is 0 Å². The smallest absolute Gasteiger partial charge is 0.318 e. The molecule has 0 spiro atoms. The van der Waals surface area contributed by atoms with Gasteiger partial charge in [0.05, 0.1) is 17.1 Å². The molecule has 122 valence electrons. The zero-order chi connectivity index (χ0) is 16.2. The number of imidazole rings is 1. The van der Waals surface area contributed by atoms with Gasteiger partial charge in [0.15, 0.2) is 0 Å². The van der Waals surface area contributed by atoms with E-state index in [1.165, 1.54) is 0 Å². The maximum absolute atomic E-state index is 12.4. The van der Waals surface area contributed by atoms with Gasteiger partial charge in [-0.1, -0.05) is 38.0 Å². The van der Waals surface area contributed by atoms with Crippen molar-refractivity contribution in [2.75, 3.05) is 6.54 Å². The van der Waals surface area contributed by atoms with E-state index in [-0.39, 0.29) is 12.1 Å². The highest BCUT2D eigenvalue weighted by molar-refractivity contribution is 5.77. The lowest BCUT2D eigenvalue weighted by molar-refractivity contribution is 0.193. The highest BCUT2D eigenvalue weighted by Crippen LogP contribution is 2.17. The van der Waals surface area contributed by atoms with Crippen LogP contribution in [0.15, 0.2) is 30.4 Å². The van der Waals surface area contributed by atoms with Crippen LogP contribution in [0.4, 0.5) is 4.79 Å². The standard InChI is InChI=1S/C18H24N4O/c1-3-4-6-15-7-5-10-22(15)18(23)19-12-14-8-9-16-17(11-14)21-13(2)20-16/h5,7-9,11,15H,3-4,6,10,12H2,1-2H3,(H,19,23)(H,20,21)/t15-/m1/s1. The van der Waals surface area contributed by atoms with Crippen molar-refractivity contribution in [2.45, 2.75) is 45.7 Å². The Morgan fingerprint density at radius 3 is 3.17 bits per heavy atom. The molecule has 0 bridgehead atoms. The number of aromatic amines is 1. The topological polar surface area (TPSA) is 61.0 Å². The van der Waals surface area contributed by atoms with E-state index in [9.17, 15) is 4.79 Å². The molecule has 1 aromatic carbocycles. The van der Waals surface area contributed by atoms with E-state index in [0.717, 1.165) is 41.7 Å². The average molecular weight is 312 g/mol. The number of aromatic nitrogens is 2. The van der Waals surface area contributed by atoms with E-state index < -0.39 is 0 Å². The zero-order valence-corrected chi connectivity index (χ0v) is 13.8. The molecule has 1 aromatic heterocycles. The van der Waals surface area contributed by atoms with Crippen molar-refractivity contribution in [1.82, 2.24) is 20.2 Å². The summed E-state index contributed by atoms with van der Waals surface area (Å²) in [7, 11) is 0. The van der Waals surface area contributed by atoms with Gasteiger partial charge in [0.25, 0.3) is 0 Å². The zero-order valence-electron chi connectivity index (χ0n) is 13.8. The SMILES string of the molecule is CCCC[C@@H]1C=CCN1C(=O)NCc1ccc2nc(C)[nH]c2c1. The number of rotatable bonds is 5. The summed E-state index contributed by atoms with van der Waals surface area (Å²) in [5, 5.41) is 3.03. The highest BCUT2D eigenvalue weighted by atomic mass is 16.2. The van der Waals surface area contributed by atoms with Crippen molar-refractivity contribution in [1.29, 1.82) is 0 Å². The maximum Gasteiger partial charge on any atom is 0.318 e. The summed E-state index contributed by atoms with van der Waals surface area (Å²) < 4.78 is 0. The second-order valence-electron chi connectivity index (χ2n) is 6.12. The number of amides is 2. The van der Waals surface area contributed by atoms with Crippen LogP contribution in [0.1, 0.15) is 37.6 Å². The average Bonchev–Trinajstić information content (AvgIpc) is 3.15. The second-order valence-corrected chi connectivity index (χ2v) is 6.12. The summed E-state index contributed by atoms with van der Waals surface area (Å²) in [6.45, 7) is 5.36. The number of nitrogens with zero attached hydrogens (tertiary/aromatic N) is 2. The molecular weight excluding hydrogens is 288 g/mol. The van der Waals surface area contributed by atoms with Gasteiger partial charge in [0, 0.05) is 13.1 Å². The number of hydrogen-bond acceptors (Lipinski definition) is 2. The second kappa shape index (κ2) is 6.86. The van der Waals surface area contributed by atoms with E-state index in [1.807, 2.05) is 30.0 Å². The minimum Gasteiger partial charge on any atom is -0.342 e. The minimum absolute atomic E-state index is 0.0111. The van der Waals surface area contributed by atoms with Crippen molar-refractivity contribution in [3.63, 3.8) is 0 Å². The number of H-pyrrole nitrogens is 1. The lowest BCUT2D eigenvalue weighted by atomic mass is 10.1. The van der Waals surface area contributed by atoms with Gasteiger partial charge in [-0.3, -0.25) is 0 Å². The monoisotopic (exact) mass is 312 g/mol. The molecule has 2 aromatic rings. The first kappa shape index (κ1) is 15.6. The van der Waals surface area contributed by atoms with Crippen LogP contribution in [0, 0.1) is 6.92 Å². The highest BCUT2D eigenvalue weighted by Gasteiger charge is 2.23. The Morgan fingerprint density at radius 2 is 2.35 bits per heavy atom. The predicted octanol–water partition coefficient (Wildman–Crippen LogP) is 3.51. The number of aryl methyl sites for hydroxylation is 1. The molecule has 2 amide bonds. The number of carbonyl (C=O) groups is 1. The first-order chi connectivity index (χ1) is 11.2. The number of benzene rings is 1. The van der Waals surface area contributed by atoms with Gasteiger partial charge < -0.3 is 15.2 Å². The summed E-state index contributed by atoms with van der Waals surface area (Å²) in [6.07, 6.45) is 7.58. The van der Waals surface area contributed by atoms with E-state index >= 15 is 0 Å². The van der Waals surface area contributed by atoms with Crippen molar-refractivity contribution in [3.8, 4) is 0 Å². The van der Waals surface area contributed by atoms with E-state index in [0.29, 0.717) is 13.1 Å². The van der Waals surface area contributed by atoms with Crippen LogP contribution in [0.2, 0.25) is 0 Å². The van der Waals surface area contributed by atoms with Crippen LogP contribution in [-0.4, -0.2) is 33.5 Å². The number of nitrogens with one attached hydrogen (secondary N) is 2. The quantitative estimate of drug-likeness (QED) is 0.830. The van der Waals surface area contributed by atoms with Crippen LogP contribution >= 0.6 is 0 Å². The third kappa shape index (κ3) is 3.55. The van der Waals surface area contributed by atoms with Crippen LogP contribution in [0.3, 0.4) is 0 Å².